The third-order valence-electron chi connectivity index (χ3n) is 4.45. The Morgan fingerprint density at radius 3 is 2.25 bits per heavy atom. The van der Waals surface area contributed by atoms with E-state index in [0.717, 1.165) is 11.8 Å². The summed E-state index contributed by atoms with van der Waals surface area (Å²) in [6.45, 7) is 2.40. The molecule has 0 spiro atoms. The summed E-state index contributed by atoms with van der Waals surface area (Å²) in [7, 11) is 0. The summed E-state index contributed by atoms with van der Waals surface area (Å²) in [4.78, 5) is 0. The molecular formula is C16H28. The molecule has 2 atom stereocenters. The minimum Gasteiger partial charge on any atom is -0.0822 e. The first-order chi connectivity index (χ1) is 7.86. The summed E-state index contributed by atoms with van der Waals surface area (Å²) < 4.78 is 0. The number of rotatable bonds is 0. The van der Waals surface area contributed by atoms with Crippen molar-refractivity contribution in [3.8, 4) is 0 Å². The van der Waals surface area contributed by atoms with Gasteiger partial charge in [0.1, 0.15) is 0 Å². The zero-order valence-electron chi connectivity index (χ0n) is 11.0. The van der Waals surface area contributed by atoms with Gasteiger partial charge < -0.3 is 0 Å². The molecule has 2 unspecified atom stereocenters. The standard InChI is InChI=1S/C16H28/c1-14-12-15-10-8-6-4-2-3-5-7-9-11-16(15)13-14/h12,14,16H,2-11,13H2,1H3. The van der Waals surface area contributed by atoms with Gasteiger partial charge in [-0.3, -0.25) is 0 Å². The third-order valence-corrected chi connectivity index (χ3v) is 4.45. The van der Waals surface area contributed by atoms with Crippen LogP contribution in [-0.4, -0.2) is 0 Å². The highest BCUT2D eigenvalue weighted by molar-refractivity contribution is 5.14. The molecule has 0 aliphatic heterocycles. The first-order valence-electron chi connectivity index (χ1n) is 7.57. The van der Waals surface area contributed by atoms with Crippen LogP contribution in [0.25, 0.3) is 0 Å². The van der Waals surface area contributed by atoms with E-state index in [2.05, 4.69) is 13.0 Å². The normalized spacial score (nSPS) is 33.4. The van der Waals surface area contributed by atoms with Gasteiger partial charge in [-0.15, -0.1) is 0 Å². The second-order valence-corrected chi connectivity index (χ2v) is 6.02. The fraction of sp³-hybridized carbons (Fsp3) is 0.875. The molecule has 0 heterocycles. The maximum atomic E-state index is 2.59. The minimum absolute atomic E-state index is 0.866. The van der Waals surface area contributed by atoms with Crippen molar-refractivity contribution in [2.45, 2.75) is 77.6 Å². The molecular weight excluding hydrogens is 192 g/mol. The molecule has 0 aromatic heterocycles. The maximum Gasteiger partial charge on any atom is -0.0198 e. The van der Waals surface area contributed by atoms with Crippen LogP contribution >= 0.6 is 0 Å². The van der Waals surface area contributed by atoms with Crippen molar-refractivity contribution in [1.29, 1.82) is 0 Å². The van der Waals surface area contributed by atoms with Crippen molar-refractivity contribution < 1.29 is 0 Å². The van der Waals surface area contributed by atoms with E-state index in [1.807, 2.05) is 5.57 Å². The fourth-order valence-electron chi connectivity index (χ4n) is 3.54. The van der Waals surface area contributed by atoms with Crippen LogP contribution in [0.3, 0.4) is 0 Å². The van der Waals surface area contributed by atoms with Gasteiger partial charge in [-0.2, -0.15) is 0 Å². The summed E-state index contributed by atoms with van der Waals surface area (Å²) >= 11 is 0. The molecule has 1 saturated carbocycles. The lowest BCUT2D eigenvalue weighted by atomic mass is 9.89. The average molecular weight is 220 g/mol. The lowest BCUT2D eigenvalue weighted by Crippen LogP contribution is -2.01. The van der Waals surface area contributed by atoms with Crippen molar-refractivity contribution in [3.63, 3.8) is 0 Å². The molecule has 0 N–H and O–H groups in total. The van der Waals surface area contributed by atoms with Gasteiger partial charge in [0, 0.05) is 0 Å². The Morgan fingerprint density at radius 2 is 1.50 bits per heavy atom. The summed E-state index contributed by atoms with van der Waals surface area (Å²) in [5, 5.41) is 0. The van der Waals surface area contributed by atoms with Crippen molar-refractivity contribution >= 4 is 0 Å². The summed E-state index contributed by atoms with van der Waals surface area (Å²) in [5.74, 6) is 1.83. The topological polar surface area (TPSA) is 0 Å². The highest BCUT2D eigenvalue weighted by Crippen LogP contribution is 2.37. The van der Waals surface area contributed by atoms with Crippen LogP contribution in [0.5, 0.6) is 0 Å². The molecule has 0 amide bonds. The van der Waals surface area contributed by atoms with Crippen molar-refractivity contribution in [2.75, 3.05) is 0 Å². The van der Waals surface area contributed by atoms with Gasteiger partial charge in [-0.05, 0) is 37.5 Å². The summed E-state index contributed by atoms with van der Waals surface area (Å²) in [6, 6.07) is 0. The molecule has 0 bridgehead atoms. The molecule has 16 heavy (non-hydrogen) atoms. The monoisotopic (exact) mass is 220 g/mol. The Kier molecular flexibility index (Phi) is 4.93. The molecule has 1 fully saturated rings. The van der Waals surface area contributed by atoms with E-state index in [-0.39, 0.29) is 0 Å². The van der Waals surface area contributed by atoms with Crippen molar-refractivity contribution in [1.82, 2.24) is 0 Å². The Bertz CT molecular complexity index is 226. The van der Waals surface area contributed by atoms with Gasteiger partial charge in [-0.25, -0.2) is 0 Å². The fourth-order valence-corrected chi connectivity index (χ4v) is 3.54. The highest BCUT2D eigenvalue weighted by atomic mass is 14.3. The molecule has 0 aromatic carbocycles. The Morgan fingerprint density at radius 1 is 0.875 bits per heavy atom. The van der Waals surface area contributed by atoms with Crippen molar-refractivity contribution in [3.05, 3.63) is 11.6 Å². The second kappa shape index (κ2) is 6.47. The Labute approximate surface area is 102 Å². The second-order valence-electron chi connectivity index (χ2n) is 6.02. The molecule has 0 aromatic rings. The maximum absolute atomic E-state index is 2.59. The minimum atomic E-state index is 0.866. The van der Waals surface area contributed by atoms with Gasteiger partial charge in [-0.1, -0.05) is 63.5 Å². The SMILES string of the molecule is CC1C=C2CCCCCCCCCCC2C1. The molecule has 0 radical (unpaired) electrons. The molecule has 92 valence electrons. The number of hydrogen-bond acceptors (Lipinski definition) is 0. The molecule has 0 saturated heterocycles. The first kappa shape index (κ1) is 12.2. The van der Waals surface area contributed by atoms with Crippen LogP contribution in [0, 0.1) is 11.8 Å². The van der Waals surface area contributed by atoms with E-state index in [1.54, 1.807) is 0 Å². The van der Waals surface area contributed by atoms with Gasteiger partial charge in [0.25, 0.3) is 0 Å². The molecule has 0 nitrogen and oxygen atoms in total. The van der Waals surface area contributed by atoms with Crippen LogP contribution in [-0.2, 0) is 0 Å². The van der Waals surface area contributed by atoms with Crippen LogP contribution in [0.4, 0.5) is 0 Å². The Hall–Kier alpha value is -0.260. The number of hydrogen-bond donors (Lipinski definition) is 0. The van der Waals surface area contributed by atoms with Crippen molar-refractivity contribution in [2.24, 2.45) is 11.8 Å². The molecule has 2 aliphatic rings. The predicted octanol–water partition coefficient (Wildman–Crippen LogP) is 5.48. The zero-order chi connectivity index (χ0) is 11.2. The average Bonchev–Trinajstić information content (AvgIpc) is 2.59. The van der Waals surface area contributed by atoms with Crippen LogP contribution in [0.2, 0.25) is 0 Å². The van der Waals surface area contributed by atoms with E-state index >= 15 is 0 Å². The highest BCUT2D eigenvalue weighted by Gasteiger charge is 2.22. The van der Waals surface area contributed by atoms with Crippen LogP contribution in [0.1, 0.15) is 77.6 Å². The zero-order valence-corrected chi connectivity index (χ0v) is 11.0. The van der Waals surface area contributed by atoms with E-state index in [0.29, 0.717) is 0 Å². The molecule has 0 heteroatoms. The quantitative estimate of drug-likeness (QED) is 0.474. The van der Waals surface area contributed by atoms with Gasteiger partial charge >= 0.3 is 0 Å². The molecule has 2 aliphatic carbocycles. The van der Waals surface area contributed by atoms with Crippen LogP contribution < -0.4 is 0 Å². The van der Waals surface area contributed by atoms with Crippen LogP contribution in [0.15, 0.2) is 11.6 Å². The first-order valence-corrected chi connectivity index (χ1v) is 7.57. The molecule has 2 rings (SSSR count). The van der Waals surface area contributed by atoms with Gasteiger partial charge in [0.05, 0.1) is 0 Å². The lowest BCUT2D eigenvalue weighted by Gasteiger charge is -2.16. The lowest BCUT2D eigenvalue weighted by molar-refractivity contribution is 0.447. The number of fused-ring (bicyclic) bond motifs is 1. The largest absolute Gasteiger partial charge is 0.0822 e. The predicted molar refractivity (Wildman–Crippen MR) is 71.5 cm³/mol. The third kappa shape index (κ3) is 3.64. The summed E-state index contributed by atoms with van der Waals surface area (Å²) in [5.41, 5.74) is 1.83. The smallest absolute Gasteiger partial charge is 0.0198 e. The summed E-state index contributed by atoms with van der Waals surface area (Å²) in [6.07, 6.45) is 18.8. The van der Waals surface area contributed by atoms with E-state index in [9.17, 15) is 0 Å². The van der Waals surface area contributed by atoms with Gasteiger partial charge in [0.15, 0.2) is 0 Å². The van der Waals surface area contributed by atoms with E-state index < -0.39 is 0 Å². The Balaban J connectivity index is 1.86. The number of allylic oxidation sites excluding steroid dienone is 2. The van der Waals surface area contributed by atoms with E-state index in [1.165, 1.54) is 70.6 Å². The van der Waals surface area contributed by atoms with Gasteiger partial charge in [0.2, 0.25) is 0 Å². The van der Waals surface area contributed by atoms with E-state index in [4.69, 9.17) is 0 Å².